The van der Waals surface area contributed by atoms with E-state index in [0.29, 0.717) is 5.33 Å². The number of halogens is 3. The normalized spacial score (nSPS) is 11.3. The predicted molar refractivity (Wildman–Crippen MR) is 66.7 cm³/mol. The number of amides is 1. The molecule has 1 aromatic carbocycles. The van der Waals surface area contributed by atoms with Gasteiger partial charge in [-0.1, -0.05) is 27.5 Å². The summed E-state index contributed by atoms with van der Waals surface area (Å²) >= 11 is 8.82. The molecule has 1 N–H and O–H groups in total. The van der Waals surface area contributed by atoms with Crippen LogP contribution in [0, 0.1) is 5.82 Å². The van der Waals surface area contributed by atoms with E-state index in [0.717, 1.165) is 6.07 Å². The van der Waals surface area contributed by atoms with E-state index in [2.05, 4.69) is 21.2 Å². The molecule has 1 amide bonds. The van der Waals surface area contributed by atoms with Crippen LogP contribution in [0.5, 0.6) is 0 Å². The van der Waals surface area contributed by atoms with Crippen LogP contribution in [-0.2, 0) is 0 Å². The molecule has 0 spiro atoms. The molecule has 1 aromatic rings. The molecule has 0 aliphatic carbocycles. The zero-order valence-corrected chi connectivity index (χ0v) is 11.3. The van der Waals surface area contributed by atoms with Crippen molar-refractivity contribution in [1.82, 2.24) is 5.32 Å². The van der Waals surface area contributed by atoms with Crippen molar-refractivity contribution < 1.29 is 9.18 Å². The van der Waals surface area contributed by atoms with Crippen LogP contribution in [-0.4, -0.2) is 16.8 Å². The monoisotopic (exact) mass is 307 g/mol. The standard InChI is InChI=1S/C11H12BrClFNO/c1-11(2,6-12)15-10(16)7-3-4-8(13)9(14)5-7/h3-5H,6H2,1-2H3,(H,15,16). The number of carbonyl (C=O) groups excluding carboxylic acids is 1. The second-order valence-corrected chi connectivity index (χ2v) is 5.07. The Morgan fingerprint density at radius 2 is 2.19 bits per heavy atom. The zero-order valence-electron chi connectivity index (χ0n) is 8.98. The second kappa shape index (κ2) is 5.15. The Bertz CT molecular complexity index is 409. The van der Waals surface area contributed by atoms with Gasteiger partial charge in [-0.15, -0.1) is 0 Å². The number of rotatable bonds is 3. The average molecular weight is 309 g/mol. The third kappa shape index (κ3) is 3.46. The van der Waals surface area contributed by atoms with Gasteiger partial charge >= 0.3 is 0 Å². The summed E-state index contributed by atoms with van der Waals surface area (Å²) in [6, 6.07) is 3.99. The SMILES string of the molecule is CC(C)(CBr)NC(=O)c1ccc(Cl)c(F)c1. The van der Waals surface area contributed by atoms with E-state index in [1.807, 2.05) is 13.8 Å². The summed E-state index contributed by atoms with van der Waals surface area (Å²) in [5, 5.41) is 3.40. The Kier molecular flexibility index (Phi) is 4.33. The Balaban J connectivity index is 2.85. The molecule has 0 aliphatic heterocycles. The molecule has 0 saturated carbocycles. The molecular formula is C11H12BrClFNO. The van der Waals surface area contributed by atoms with E-state index >= 15 is 0 Å². The van der Waals surface area contributed by atoms with Gasteiger partial charge in [0, 0.05) is 16.4 Å². The minimum absolute atomic E-state index is 0.0105. The summed E-state index contributed by atoms with van der Waals surface area (Å²) in [7, 11) is 0. The van der Waals surface area contributed by atoms with Crippen LogP contribution >= 0.6 is 27.5 Å². The highest BCUT2D eigenvalue weighted by molar-refractivity contribution is 9.09. The first-order valence-corrected chi connectivity index (χ1v) is 6.19. The van der Waals surface area contributed by atoms with Gasteiger partial charge in [0.15, 0.2) is 0 Å². The first kappa shape index (κ1) is 13.5. The van der Waals surface area contributed by atoms with Gasteiger partial charge in [0.2, 0.25) is 0 Å². The first-order valence-electron chi connectivity index (χ1n) is 4.69. The molecule has 0 unspecified atom stereocenters. The number of hydrogen-bond acceptors (Lipinski definition) is 1. The highest BCUT2D eigenvalue weighted by Crippen LogP contribution is 2.16. The van der Waals surface area contributed by atoms with E-state index in [9.17, 15) is 9.18 Å². The molecule has 2 nitrogen and oxygen atoms in total. The molecule has 0 bridgehead atoms. The molecule has 0 fully saturated rings. The molecule has 0 aromatic heterocycles. The average Bonchev–Trinajstić information content (AvgIpc) is 2.21. The van der Waals surface area contributed by atoms with Gasteiger partial charge in [-0.05, 0) is 32.0 Å². The highest BCUT2D eigenvalue weighted by Gasteiger charge is 2.20. The van der Waals surface area contributed by atoms with E-state index in [-0.39, 0.29) is 22.0 Å². The van der Waals surface area contributed by atoms with Gasteiger partial charge in [-0.3, -0.25) is 4.79 Å². The van der Waals surface area contributed by atoms with Gasteiger partial charge in [0.25, 0.3) is 5.91 Å². The summed E-state index contributed by atoms with van der Waals surface area (Å²) in [5.41, 5.74) is -0.122. The quantitative estimate of drug-likeness (QED) is 0.852. The van der Waals surface area contributed by atoms with Crippen molar-refractivity contribution in [3.05, 3.63) is 34.6 Å². The van der Waals surface area contributed by atoms with Gasteiger partial charge in [0.05, 0.1) is 5.02 Å². The fourth-order valence-electron chi connectivity index (χ4n) is 1.05. The lowest BCUT2D eigenvalue weighted by atomic mass is 10.1. The molecular weight excluding hydrogens is 296 g/mol. The Labute approximate surface area is 107 Å². The summed E-state index contributed by atoms with van der Waals surface area (Å²) in [6.07, 6.45) is 0. The Morgan fingerprint density at radius 3 is 2.69 bits per heavy atom. The summed E-state index contributed by atoms with van der Waals surface area (Å²) < 4.78 is 13.1. The van der Waals surface area contributed by atoms with Gasteiger partial charge in [-0.2, -0.15) is 0 Å². The zero-order chi connectivity index (χ0) is 12.3. The van der Waals surface area contributed by atoms with Crippen molar-refractivity contribution in [2.45, 2.75) is 19.4 Å². The molecule has 0 radical (unpaired) electrons. The van der Waals surface area contributed by atoms with E-state index in [4.69, 9.17) is 11.6 Å². The van der Waals surface area contributed by atoms with Crippen molar-refractivity contribution in [2.24, 2.45) is 0 Å². The third-order valence-electron chi connectivity index (χ3n) is 1.97. The van der Waals surface area contributed by atoms with Gasteiger partial charge < -0.3 is 5.32 Å². The number of nitrogens with one attached hydrogen (secondary N) is 1. The molecule has 0 heterocycles. The Morgan fingerprint density at radius 1 is 1.56 bits per heavy atom. The van der Waals surface area contributed by atoms with E-state index < -0.39 is 5.82 Å². The van der Waals surface area contributed by atoms with E-state index in [1.54, 1.807) is 0 Å². The van der Waals surface area contributed by atoms with Crippen molar-refractivity contribution >= 4 is 33.4 Å². The first-order chi connectivity index (χ1) is 7.35. The third-order valence-corrected chi connectivity index (χ3v) is 3.68. The predicted octanol–water partition coefficient (Wildman–Crippen LogP) is 3.38. The maximum Gasteiger partial charge on any atom is 0.251 e. The smallest absolute Gasteiger partial charge is 0.251 e. The fraction of sp³-hybridized carbons (Fsp3) is 0.364. The topological polar surface area (TPSA) is 29.1 Å². The van der Waals surface area contributed by atoms with Crippen LogP contribution in [0.3, 0.4) is 0 Å². The van der Waals surface area contributed by atoms with Crippen molar-refractivity contribution in [1.29, 1.82) is 0 Å². The number of hydrogen-bond donors (Lipinski definition) is 1. The van der Waals surface area contributed by atoms with Crippen LogP contribution in [0.2, 0.25) is 5.02 Å². The maximum absolute atomic E-state index is 13.1. The number of carbonyl (C=O) groups is 1. The molecule has 5 heteroatoms. The van der Waals surface area contributed by atoms with Crippen LogP contribution in [0.1, 0.15) is 24.2 Å². The van der Waals surface area contributed by atoms with Gasteiger partial charge in [0.1, 0.15) is 5.82 Å². The van der Waals surface area contributed by atoms with E-state index in [1.165, 1.54) is 12.1 Å². The van der Waals surface area contributed by atoms with Crippen molar-refractivity contribution in [2.75, 3.05) is 5.33 Å². The van der Waals surface area contributed by atoms with Crippen LogP contribution in [0.4, 0.5) is 4.39 Å². The molecule has 1 rings (SSSR count). The minimum Gasteiger partial charge on any atom is -0.346 e. The molecule has 0 saturated heterocycles. The summed E-state index contributed by atoms with van der Waals surface area (Å²) in [6.45, 7) is 3.73. The highest BCUT2D eigenvalue weighted by atomic mass is 79.9. The summed E-state index contributed by atoms with van der Waals surface area (Å²) in [5.74, 6) is -0.911. The summed E-state index contributed by atoms with van der Waals surface area (Å²) in [4.78, 5) is 11.7. The largest absolute Gasteiger partial charge is 0.346 e. The lowest BCUT2D eigenvalue weighted by Gasteiger charge is -2.23. The second-order valence-electron chi connectivity index (χ2n) is 4.10. The molecule has 0 atom stereocenters. The molecule has 0 aliphatic rings. The van der Waals surface area contributed by atoms with Crippen LogP contribution < -0.4 is 5.32 Å². The van der Waals surface area contributed by atoms with Crippen LogP contribution in [0.15, 0.2) is 18.2 Å². The maximum atomic E-state index is 13.1. The molecule has 16 heavy (non-hydrogen) atoms. The fourth-order valence-corrected chi connectivity index (χ4v) is 1.31. The number of benzene rings is 1. The lowest BCUT2D eigenvalue weighted by Crippen LogP contribution is -2.44. The Hall–Kier alpha value is -0.610. The molecule has 88 valence electrons. The van der Waals surface area contributed by atoms with Crippen molar-refractivity contribution in [3.8, 4) is 0 Å². The lowest BCUT2D eigenvalue weighted by molar-refractivity contribution is 0.0921. The van der Waals surface area contributed by atoms with Crippen molar-refractivity contribution in [3.63, 3.8) is 0 Å². The van der Waals surface area contributed by atoms with Crippen LogP contribution in [0.25, 0.3) is 0 Å². The number of alkyl halides is 1. The van der Waals surface area contributed by atoms with Gasteiger partial charge in [-0.25, -0.2) is 4.39 Å². The minimum atomic E-state index is -0.592.